The van der Waals surface area contributed by atoms with Gasteiger partial charge >= 0.3 is 0 Å². The Bertz CT molecular complexity index is 15.5. The smallest absolute Gasteiger partial charge is 0 e. The van der Waals surface area contributed by atoms with E-state index in [0.29, 0.717) is 0 Å². The summed E-state index contributed by atoms with van der Waals surface area (Å²) in [5.74, 6) is 0. The van der Waals surface area contributed by atoms with Gasteiger partial charge in [-0.05, 0) is 0 Å². The Morgan fingerprint density at radius 3 is 0.800 bits per heavy atom. The zero-order chi connectivity index (χ0) is 4.50. The molecule has 0 aromatic heterocycles. The molecule has 0 heterocycles. The molecule has 0 saturated heterocycles. The fourth-order valence-electron chi connectivity index (χ4n) is 0. The number of hydrogen-bond acceptors (Lipinski definition) is 0. The van der Waals surface area contributed by atoms with Crippen LogP contribution in [-0.2, 0) is 0 Å². The van der Waals surface area contributed by atoms with Crippen molar-refractivity contribution in [3.63, 3.8) is 0 Å². The summed E-state index contributed by atoms with van der Waals surface area (Å²) in [4.78, 5) is 0. The van der Waals surface area contributed by atoms with Crippen LogP contribution in [0.4, 0.5) is 0 Å². The average Bonchev–Trinajstić information content (AvgIpc) is 0.722. The van der Waals surface area contributed by atoms with Crippen molar-refractivity contribution in [3.05, 3.63) is 0 Å². The molecule has 0 rings (SSSR count). The first-order chi connectivity index (χ1) is 2.00. The molecule has 0 aliphatic heterocycles. The topological polar surface area (TPSA) is 0 Å². The van der Waals surface area contributed by atoms with E-state index in [-0.39, 0.29) is 0 Å². The summed E-state index contributed by atoms with van der Waals surface area (Å²) in [6, 6.07) is 0. The average molecular weight is 140 g/mol. The molecule has 0 atom stereocenters. The van der Waals surface area contributed by atoms with Crippen molar-refractivity contribution in [1.82, 2.24) is 0 Å². The van der Waals surface area contributed by atoms with E-state index in [2.05, 4.69) is 39.0 Å². The minimum Gasteiger partial charge on any atom is 0 e. The number of rotatable bonds is 0. The molecule has 0 unspecified atom stereocenters. The fraction of sp³-hybridized carbons (Fsp3) is 0. The second-order valence-electron chi connectivity index (χ2n) is 0.750. The van der Waals surface area contributed by atoms with Crippen molar-refractivity contribution in [1.29, 1.82) is 0 Å². The number of hydrogen-bond donors (Lipinski definition) is 0. The largest absolute Gasteiger partial charge is 0 e. The standard InChI is InChI=1S/Si5/c1-5(2,3)4. The third-order valence-corrected chi connectivity index (χ3v) is 0. The monoisotopic (exact) mass is 140 g/mol. The molecule has 20 valence electrons. The first-order valence-corrected chi connectivity index (χ1v) is 9.00. The van der Waals surface area contributed by atoms with Crippen LogP contribution in [0.1, 0.15) is 0 Å². The zero-order valence-corrected chi connectivity index (χ0v) is 7.50. The lowest BCUT2D eigenvalue weighted by Gasteiger charge is -2.00. The maximum Gasteiger partial charge on any atom is 0 e. The molecule has 12 radical (unpaired) electrons. The van der Waals surface area contributed by atoms with Gasteiger partial charge in [0.15, 0.2) is 0 Å². The van der Waals surface area contributed by atoms with Gasteiger partial charge < -0.3 is 0 Å². The molecule has 0 aliphatic carbocycles. The molecular weight excluding hydrogens is 140 g/mol. The molecule has 0 saturated carbocycles. The quantitative estimate of drug-likeness (QED) is 0.345. The summed E-state index contributed by atoms with van der Waals surface area (Å²) in [7, 11) is 13.2. The van der Waals surface area contributed by atoms with Crippen molar-refractivity contribution >= 4 is 45.2 Å². The van der Waals surface area contributed by atoms with Crippen LogP contribution in [0.25, 0.3) is 0 Å². The van der Waals surface area contributed by atoms with Crippen molar-refractivity contribution < 1.29 is 0 Å². The van der Waals surface area contributed by atoms with E-state index in [1.807, 2.05) is 0 Å². The highest BCUT2D eigenvalue weighted by atomic mass is 30.1. The van der Waals surface area contributed by atoms with Gasteiger partial charge in [0.25, 0.3) is 0 Å². The van der Waals surface area contributed by atoms with Crippen LogP contribution in [0.15, 0.2) is 0 Å². The summed E-state index contributed by atoms with van der Waals surface area (Å²) in [5, 5.41) is 0. The molecule has 0 aliphatic rings. The van der Waals surface area contributed by atoms with E-state index < -0.39 is 6.14 Å². The van der Waals surface area contributed by atoms with Gasteiger partial charge in [-0.1, -0.05) is 0 Å². The van der Waals surface area contributed by atoms with Crippen LogP contribution >= 0.6 is 0 Å². The van der Waals surface area contributed by atoms with Gasteiger partial charge in [0.1, 0.15) is 0 Å². The van der Waals surface area contributed by atoms with Crippen molar-refractivity contribution in [2.45, 2.75) is 0 Å². The van der Waals surface area contributed by atoms with Crippen LogP contribution in [0.5, 0.6) is 0 Å². The van der Waals surface area contributed by atoms with Crippen molar-refractivity contribution in [2.24, 2.45) is 0 Å². The second-order valence-corrected chi connectivity index (χ2v) is 20.2. The van der Waals surface area contributed by atoms with Crippen LogP contribution in [0.2, 0.25) is 0 Å². The summed E-state index contributed by atoms with van der Waals surface area (Å²) in [5.41, 5.74) is 0. The third kappa shape index (κ3) is 41.1. The maximum atomic E-state index is 3.30. The summed E-state index contributed by atoms with van der Waals surface area (Å²) in [6.07, 6.45) is -1.39. The van der Waals surface area contributed by atoms with E-state index in [9.17, 15) is 0 Å². The van der Waals surface area contributed by atoms with E-state index in [1.54, 1.807) is 0 Å². The van der Waals surface area contributed by atoms with Crippen LogP contribution in [0.3, 0.4) is 0 Å². The first kappa shape index (κ1) is 6.08. The van der Waals surface area contributed by atoms with Crippen LogP contribution < -0.4 is 0 Å². The molecular formula is Si5. The van der Waals surface area contributed by atoms with Crippen molar-refractivity contribution in [3.8, 4) is 0 Å². The minimum absolute atomic E-state index is 1.39. The van der Waals surface area contributed by atoms with Gasteiger partial charge in [0, 0.05) is 45.2 Å². The van der Waals surface area contributed by atoms with E-state index >= 15 is 0 Å². The highest BCUT2D eigenvalue weighted by molar-refractivity contribution is 7.76. The molecule has 0 bridgehead atoms. The molecule has 5 heavy (non-hydrogen) atoms. The van der Waals surface area contributed by atoms with Crippen LogP contribution in [-0.4, -0.2) is 45.2 Å². The minimum atomic E-state index is -1.39. The highest BCUT2D eigenvalue weighted by Gasteiger charge is 2.00. The molecule has 0 nitrogen and oxygen atoms in total. The van der Waals surface area contributed by atoms with Gasteiger partial charge in [-0.2, -0.15) is 0 Å². The summed E-state index contributed by atoms with van der Waals surface area (Å²) in [6.45, 7) is 0. The molecule has 0 N–H and O–H groups in total. The SMILES string of the molecule is [Si][Si]([Si])([Si])[Si]. The lowest BCUT2D eigenvalue weighted by atomic mass is 26.1. The van der Waals surface area contributed by atoms with Gasteiger partial charge in [-0.25, -0.2) is 0 Å². The third-order valence-electron chi connectivity index (χ3n) is 0. The van der Waals surface area contributed by atoms with Gasteiger partial charge in [-0.3, -0.25) is 0 Å². The summed E-state index contributed by atoms with van der Waals surface area (Å²) < 4.78 is 0. The Balaban J connectivity index is 3.02. The zero-order valence-electron chi connectivity index (χ0n) is 2.50. The molecule has 0 aromatic rings. The van der Waals surface area contributed by atoms with Gasteiger partial charge in [0.2, 0.25) is 0 Å². The molecule has 0 fully saturated rings. The Morgan fingerprint density at radius 1 is 0.800 bits per heavy atom. The maximum absolute atomic E-state index is 3.30. The lowest BCUT2D eigenvalue weighted by Crippen LogP contribution is -2.38. The van der Waals surface area contributed by atoms with E-state index in [1.165, 1.54) is 0 Å². The molecule has 0 amide bonds. The first-order valence-electron chi connectivity index (χ1n) is 1.00. The van der Waals surface area contributed by atoms with Crippen molar-refractivity contribution in [2.75, 3.05) is 0 Å². The molecule has 0 spiro atoms. The van der Waals surface area contributed by atoms with Gasteiger partial charge in [-0.15, -0.1) is 0 Å². The Kier molecular flexibility index (Phi) is 2.06. The van der Waals surface area contributed by atoms with Gasteiger partial charge in [0.05, 0.1) is 0 Å². The predicted octanol–water partition coefficient (Wildman–Crippen LogP) is -1.90. The normalized spacial score (nSPS) is 12.0. The van der Waals surface area contributed by atoms with E-state index in [0.717, 1.165) is 0 Å². The van der Waals surface area contributed by atoms with Crippen LogP contribution in [0, 0.1) is 0 Å². The molecule has 0 aromatic carbocycles. The predicted molar refractivity (Wildman–Crippen MR) is 28.8 cm³/mol. The molecule has 5 heteroatoms. The second kappa shape index (κ2) is 1.69. The highest BCUT2D eigenvalue weighted by Crippen LogP contribution is 1.62. The Morgan fingerprint density at radius 2 is 0.800 bits per heavy atom. The Hall–Kier alpha value is 1.08. The van der Waals surface area contributed by atoms with E-state index in [4.69, 9.17) is 0 Å². The lowest BCUT2D eigenvalue weighted by molar-refractivity contribution is 3.76. The summed E-state index contributed by atoms with van der Waals surface area (Å²) >= 11 is 0. The fourth-order valence-corrected chi connectivity index (χ4v) is 0. The Labute approximate surface area is 45.6 Å².